The van der Waals surface area contributed by atoms with Crippen LogP contribution in [0.15, 0.2) is 77.7 Å². The Balaban J connectivity index is 2.02. The molecular formula is C29H33Cl2N3O4S. The summed E-state index contributed by atoms with van der Waals surface area (Å²) in [6, 6.07) is 18.8. The topological polar surface area (TPSA) is 86.8 Å². The van der Waals surface area contributed by atoms with Gasteiger partial charge in [-0.15, -0.1) is 0 Å². The van der Waals surface area contributed by atoms with Crippen LogP contribution in [0.25, 0.3) is 0 Å². The van der Waals surface area contributed by atoms with Crippen molar-refractivity contribution < 1.29 is 18.0 Å². The maximum absolute atomic E-state index is 13.9. The van der Waals surface area contributed by atoms with Crippen molar-refractivity contribution in [3.05, 3.63) is 94.0 Å². The third kappa shape index (κ3) is 7.97. The molecule has 0 saturated carbocycles. The summed E-state index contributed by atoms with van der Waals surface area (Å²) in [4.78, 5) is 28.3. The van der Waals surface area contributed by atoms with Crippen molar-refractivity contribution in [3.8, 4) is 0 Å². The van der Waals surface area contributed by atoms with E-state index in [4.69, 9.17) is 23.2 Å². The molecule has 0 fully saturated rings. The lowest BCUT2D eigenvalue weighted by molar-refractivity contribution is -0.139. The summed E-state index contributed by atoms with van der Waals surface area (Å²) in [7, 11) is -4.16. The maximum atomic E-state index is 13.9. The molecule has 3 aromatic rings. The number of nitrogens with zero attached hydrogens (tertiary/aromatic N) is 2. The second-order valence-electron chi connectivity index (χ2n) is 9.73. The minimum absolute atomic E-state index is 0.0124. The van der Waals surface area contributed by atoms with Gasteiger partial charge < -0.3 is 10.2 Å². The molecule has 1 atom stereocenters. The number of benzene rings is 3. The number of rotatable bonds is 11. The average Bonchev–Trinajstić information content (AvgIpc) is 2.89. The van der Waals surface area contributed by atoms with Gasteiger partial charge in [0.05, 0.1) is 10.6 Å². The summed E-state index contributed by atoms with van der Waals surface area (Å²) < 4.78 is 28.7. The van der Waals surface area contributed by atoms with Crippen LogP contribution in [0.5, 0.6) is 0 Å². The number of halogens is 2. The van der Waals surface area contributed by atoms with Crippen LogP contribution in [0.3, 0.4) is 0 Å². The first-order chi connectivity index (χ1) is 18.4. The van der Waals surface area contributed by atoms with E-state index in [2.05, 4.69) is 5.32 Å². The molecule has 0 spiro atoms. The number of aryl methyl sites for hydroxylation is 1. The zero-order valence-electron chi connectivity index (χ0n) is 22.4. The van der Waals surface area contributed by atoms with Crippen molar-refractivity contribution in [1.82, 2.24) is 10.2 Å². The van der Waals surface area contributed by atoms with Gasteiger partial charge in [0, 0.05) is 23.1 Å². The normalized spacial score (nSPS) is 12.2. The van der Waals surface area contributed by atoms with Crippen LogP contribution < -0.4 is 9.62 Å². The Kier molecular flexibility index (Phi) is 10.4. The van der Waals surface area contributed by atoms with Crippen LogP contribution in [0.4, 0.5) is 5.69 Å². The molecule has 7 nitrogen and oxygen atoms in total. The second kappa shape index (κ2) is 13.3. The highest BCUT2D eigenvalue weighted by Crippen LogP contribution is 2.27. The maximum Gasteiger partial charge on any atom is 0.264 e. The number of amides is 2. The van der Waals surface area contributed by atoms with Crippen molar-refractivity contribution in [2.45, 2.75) is 45.2 Å². The van der Waals surface area contributed by atoms with Crippen LogP contribution in [-0.4, -0.2) is 44.3 Å². The van der Waals surface area contributed by atoms with E-state index in [9.17, 15) is 18.0 Å². The molecule has 1 unspecified atom stereocenters. The smallest absolute Gasteiger partial charge is 0.264 e. The zero-order valence-corrected chi connectivity index (χ0v) is 24.7. The molecule has 0 aliphatic heterocycles. The molecule has 0 saturated heterocycles. The number of carbonyl (C=O) groups excluding carboxylic acids is 2. The van der Waals surface area contributed by atoms with Gasteiger partial charge >= 0.3 is 0 Å². The summed E-state index contributed by atoms with van der Waals surface area (Å²) in [5, 5.41) is 3.69. The Morgan fingerprint density at radius 2 is 1.59 bits per heavy atom. The molecule has 2 amide bonds. The van der Waals surface area contributed by atoms with E-state index in [0.29, 0.717) is 27.8 Å². The molecule has 3 rings (SSSR count). The second-order valence-corrected chi connectivity index (χ2v) is 12.4. The van der Waals surface area contributed by atoms with E-state index in [-0.39, 0.29) is 23.3 Å². The molecule has 0 aromatic heterocycles. The lowest BCUT2D eigenvalue weighted by Gasteiger charge is -2.32. The Morgan fingerprint density at radius 3 is 2.21 bits per heavy atom. The first-order valence-electron chi connectivity index (χ1n) is 12.6. The molecule has 39 heavy (non-hydrogen) atoms. The van der Waals surface area contributed by atoms with Crippen LogP contribution in [0, 0.1) is 12.8 Å². The minimum Gasteiger partial charge on any atom is -0.354 e. The van der Waals surface area contributed by atoms with Gasteiger partial charge in [-0.05, 0) is 73.4 Å². The lowest BCUT2D eigenvalue weighted by Crippen LogP contribution is -2.51. The lowest BCUT2D eigenvalue weighted by atomic mass is 10.1. The van der Waals surface area contributed by atoms with Crippen LogP contribution in [0.1, 0.15) is 31.9 Å². The molecule has 1 N–H and O–H groups in total. The van der Waals surface area contributed by atoms with Gasteiger partial charge in [-0.1, -0.05) is 67.4 Å². The molecule has 3 aromatic carbocycles. The number of carbonyl (C=O) groups is 2. The molecule has 0 aliphatic rings. The SMILES string of the molecule is Cc1cccc(N(CC(=O)N(Cc2ccccc2Cl)C(C)C(=O)NCC(C)C)S(=O)(=O)c2ccc(Cl)cc2)c1. The fraction of sp³-hybridized carbons (Fsp3) is 0.310. The molecule has 0 aliphatic carbocycles. The Hall–Kier alpha value is -3.07. The van der Waals surface area contributed by atoms with Crippen molar-refractivity contribution in [2.24, 2.45) is 5.92 Å². The van der Waals surface area contributed by atoms with E-state index >= 15 is 0 Å². The molecule has 208 valence electrons. The Labute approximate surface area is 240 Å². The highest BCUT2D eigenvalue weighted by molar-refractivity contribution is 7.92. The molecular weight excluding hydrogens is 557 g/mol. The highest BCUT2D eigenvalue weighted by Gasteiger charge is 2.32. The average molecular weight is 591 g/mol. The van der Waals surface area contributed by atoms with E-state index in [0.717, 1.165) is 9.87 Å². The molecule has 10 heteroatoms. The standard InChI is InChI=1S/C29H33Cl2N3O4S/c1-20(2)17-32-29(36)22(4)33(18-23-9-5-6-11-27(23)31)28(35)19-34(25-10-7-8-21(3)16-25)39(37,38)26-14-12-24(30)13-15-26/h5-16,20,22H,17-19H2,1-4H3,(H,32,36). The minimum atomic E-state index is -4.16. The Bertz CT molecular complexity index is 1410. The fourth-order valence-electron chi connectivity index (χ4n) is 3.89. The third-order valence-electron chi connectivity index (χ3n) is 6.12. The van der Waals surface area contributed by atoms with Gasteiger partial charge in [0.1, 0.15) is 12.6 Å². The quantitative estimate of drug-likeness (QED) is 0.311. The van der Waals surface area contributed by atoms with E-state index < -0.39 is 28.5 Å². The number of sulfonamides is 1. The predicted octanol–water partition coefficient (Wildman–Crippen LogP) is 5.69. The molecule has 0 radical (unpaired) electrons. The monoisotopic (exact) mass is 589 g/mol. The predicted molar refractivity (Wildman–Crippen MR) is 156 cm³/mol. The first kappa shape index (κ1) is 30.5. The number of anilines is 1. The fourth-order valence-corrected chi connectivity index (χ4v) is 5.62. The van der Waals surface area contributed by atoms with Crippen LogP contribution >= 0.6 is 23.2 Å². The van der Waals surface area contributed by atoms with Gasteiger partial charge in [0.25, 0.3) is 10.0 Å². The molecule has 0 heterocycles. The van der Waals surface area contributed by atoms with Crippen LogP contribution in [-0.2, 0) is 26.2 Å². The third-order valence-corrected chi connectivity index (χ3v) is 8.53. The highest BCUT2D eigenvalue weighted by atomic mass is 35.5. The summed E-state index contributed by atoms with van der Waals surface area (Å²) in [6.45, 7) is 7.34. The van der Waals surface area contributed by atoms with Gasteiger partial charge in [-0.25, -0.2) is 8.42 Å². The first-order valence-corrected chi connectivity index (χ1v) is 14.7. The molecule has 0 bridgehead atoms. The van der Waals surface area contributed by atoms with Crippen molar-refractivity contribution in [1.29, 1.82) is 0 Å². The number of hydrogen-bond donors (Lipinski definition) is 1. The number of nitrogens with one attached hydrogen (secondary N) is 1. The van der Waals surface area contributed by atoms with Gasteiger partial charge in [-0.3, -0.25) is 13.9 Å². The Morgan fingerprint density at radius 1 is 0.923 bits per heavy atom. The summed E-state index contributed by atoms with van der Waals surface area (Å²) in [6.07, 6.45) is 0. The summed E-state index contributed by atoms with van der Waals surface area (Å²) in [5.74, 6) is -0.678. The van der Waals surface area contributed by atoms with E-state index in [1.807, 2.05) is 26.8 Å². The van der Waals surface area contributed by atoms with Crippen molar-refractivity contribution in [2.75, 3.05) is 17.4 Å². The zero-order chi connectivity index (χ0) is 28.7. The van der Waals surface area contributed by atoms with Gasteiger partial charge in [-0.2, -0.15) is 0 Å². The van der Waals surface area contributed by atoms with Crippen molar-refractivity contribution >= 4 is 50.7 Å². The van der Waals surface area contributed by atoms with E-state index in [1.165, 1.54) is 29.2 Å². The largest absolute Gasteiger partial charge is 0.354 e. The van der Waals surface area contributed by atoms with Gasteiger partial charge in [0.2, 0.25) is 11.8 Å². The van der Waals surface area contributed by atoms with Crippen LogP contribution in [0.2, 0.25) is 10.0 Å². The summed E-state index contributed by atoms with van der Waals surface area (Å²) in [5.41, 5.74) is 1.79. The van der Waals surface area contributed by atoms with E-state index in [1.54, 1.807) is 49.4 Å². The summed E-state index contributed by atoms with van der Waals surface area (Å²) >= 11 is 12.4. The number of hydrogen-bond acceptors (Lipinski definition) is 4. The van der Waals surface area contributed by atoms with Gasteiger partial charge in [0.15, 0.2) is 0 Å². The van der Waals surface area contributed by atoms with Crippen molar-refractivity contribution in [3.63, 3.8) is 0 Å².